The van der Waals surface area contributed by atoms with E-state index >= 15 is 0 Å². The number of nitro benzene ring substituents is 1. The first-order valence-electron chi connectivity index (χ1n) is 13.7. The van der Waals surface area contributed by atoms with Gasteiger partial charge in [0.05, 0.1) is 28.2 Å². The third kappa shape index (κ3) is 4.47. The number of hydrogen-bond acceptors (Lipinski definition) is 9. The standard InChI is InChI=1S/C29H24ClN3O8S2/c30-17-4-2-1-3-12(17)11-41-18-6-5-13(33(39)40)9-14(18)20-21-15-10-16(24(21)42-26-25(20)43-29(38)31-26)23-22(15)27(36)32(28(23)37)8-7-19(34)35/h1-6,9,15-16,20-24H,7-8,10-11H2,(H,31,38)(H,34,35)/t15-,16-,20-,21+,22+,23-,24-/m1/s1. The third-order valence-electron chi connectivity index (χ3n) is 9.24. The maximum absolute atomic E-state index is 13.6. The van der Waals surface area contributed by atoms with Crippen LogP contribution < -0.4 is 9.61 Å². The molecule has 4 aliphatic rings. The van der Waals surface area contributed by atoms with Crippen LogP contribution in [0.5, 0.6) is 5.75 Å². The quantitative estimate of drug-likeness (QED) is 0.205. The number of carbonyl (C=O) groups is 3. The van der Waals surface area contributed by atoms with Crippen molar-refractivity contribution in [2.24, 2.45) is 29.6 Å². The van der Waals surface area contributed by atoms with Gasteiger partial charge in [-0.3, -0.25) is 34.2 Å². The number of nitrogens with zero attached hydrogens (tertiary/aromatic N) is 2. The Morgan fingerprint density at radius 1 is 1.14 bits per heavy atom. The number of nitro groups is 1. The Hall–Kier alpha value is -3.68. The van der Waals surface area contributed by atoms with Crippen molar-refractivity contribution in [3.63, 3.8) is 0 Å². The normalized spacial score (nSPS) is 28.5. The first kappa shape index (κ1) is 28.1. The first-order valence-corrected chi connectivity index (χ1v) is 15.8. The monoisotopic (exact) mass is 641 g/mol. The number of hydrogen-bond donors (Lipinski definition) is 2. The molecule has 2 amide bonds. The highest BCUT2D eigenvalue weighted by atomic mass is 35.5. The molecule has 3 fully saturated rings. The molecule has 7 atom stereocenters. The number of aliphatic carboxylic acids is 1. The van der Waals surface area contributed by atoms with Gasteiger partial charge in [0.2, 0.25) is 11.8 Å². The molecule has 3 aromatic rings. The van der Waals surface area contributed by atoms with Crippen molar-refractivity contribution in [2.45, 2.75) is 35.6 Å². The summed E-state index contributed by atoms with van der Waals surface area (Å²) in [6.45, 7) is -0.0600. The Bertz CT molecular complexity index is 1760. The Balaban J connectivity index is 1.31. The number of amides is 2. The van der Waals surface area contributed by atoms with Gasteiger partial charge in [-0.1, -0.05) is 41.1 Å². The Kier molecular flexibility index (Phi) is 6.86. The highest BCUT2D eigenvalue weighted by molar-refractivity contribution is 8.00. The van der Waals surface area contributed by atoms with Gasteiger partial charge < -0.3 is 14.8 Å². The summed E-state index contributed by atoms with van der Waals surface area (Å²) in [6.07, 6.45) is 0.303. The number of nitrogens with one attached hydrogen (secondary N) is 1. The van der Waals surface area contributed by atoms with E-state index in [0.29, 0.717) is 27.8 Å². The van der Waals surface area contributed by atoms with Gasteiger partial charge in [-0.2, -0.15) is 0 Å². The maximum atomic E-state index is 13.6. The van der Waals surface area contributed by atoms with Gasteiger partial charge in [0.15, 0.2) is 0 Å². The minimum absolute atomic E-state index is 0.110. The van der Waals surface area contributed by atoms with Crippen molar-refractivity contribution in [2.75, 3.05) is 6.54 Å². The van der Waals surface area contributed by atoms with Crippen molar-refractivity contribution >= 4 is 58.2 Å². The second kappa shape index (κ2) is 10.5. The number of fused-ring (bicyclic) bond motifs is 9. The van der Waals surface area contributed by atoms with Crippen LogP contribution in [-0.2, 0) is 21.0 Å². The number of imide groups is 1. The molecule has 43 heavy (non-hydrogen) atoms. The van der Waals surface area contributed by atoms with Crippen molar-refractivity contribution in [3.8, 4) is 5.75 Å². The molecule has 2 aromatic carbocycles. The molecular formula is C29H24ClN3O8S2. The number of benzene rings is 2. The SMILES string of the molecule is O=C(O)CCN1C(=O)[C@@H]2[C@H]3C[C@@H]([C@@H]2C1=O)[C@H]1[C@@H](c2cc([N+](=O)[O-])ccc2OCc2ccccc2Cl)c2sc(=O)[nH]c2S[C@H]31. The van der Waals surface area contributed by atoms with Gasteiger partial charge >= 0.3 is 10.8 Å². The number of likely N-dealkylation sites (tertiary alicyclic amines) is 1. The molecule has 2 N–H and O–H groups in total. The number of aromatic nitrogens is 1. The van der Waals surface area contributed by atoms with Crippen LogP contribution in [-0.4, -0.2) is 49.5 Å². The number of aromatic amines is 1. The van der Waals surface area contributed by atoms with Gasteiger partial charge in [0, 0.05) is 50.9 Å². The lowest BCUT2D eigenvalue weighted by Gasteiger charge is -2.43. The fourth-order valence-electron chi connectivity index (χ4n) is 7.65. The van der Waals surface area contributed by atoms with E-state index in [0.717, 1.165) is 26.7 Å². The second-order valence-electron chi connectivity index (χ2n) is 11.3. The predicted octanol–water partition coefficient (Wildman–Crippen LogP) is 4.53. The zero-order valence-electron chi connectivity index (χ0n) is 22.3. The third-order valence-corrected chi connectivity index (χ3v) is 12.2. The highest BCUT2D eigenvalue weighted by Crippen LogP contribution is 2.69. The van der Waals surface area contributed by atoms with Crippen molar-refractivity contribution in [1.29, 1.82) is 0 Å². The van der Waals surface area contributed by atoms with Crippen molar-refractivity contribution in [3.05, 3.63) is 83.3 Å². The average Bonchev–Trinajstić information content (AvgIpc) is 3.70. The number of thiazole rings is 1. The zero-order chi connectivity index (χ0) is 30.2. The molecule has 3 heterocycles. The molecule has 7 rings (SSSR count). The smallest absolute Gasteiger partial charge is 0.305 e. The largest absolute Gasteiger partial charge is 0.489 e. The highest BCUT2D eigenvalue weighted by Gasteiger charge is 2.69. The molecule has 1 saturated heterocycles. The average molecular weight is 642 g/mol. The van der Waals surface area contributed by atoms with Gasteiger partial charge in [-0.25, -0.2) is 0 Å². The lowest BCUT2D eigenvalue weighted by atomic mass is 9.68. The summed E-state index contributed by atoms with van der Waals surface area (Å²) < 4.78 is 6.26. The molecular weight excluding hydrogens is 618 g/mol. The summed E-state index contributed by atoms with van der Waals surface area (Å²) in [5.41, 5.74) is 1.14. The Morgan fingerprint density at radius 2 is 1.88 bits per heavy atom. The van der Waals surface area contributed by atoms with E-state index in [1.165, 1.54) is 23.9 Å². The number of carbonyl (C=O) groups excluding carboxylic acids is 2. The number of thioether (sulfide) groups is 1. The summed E-state index contributed by atoms with van der Waals surface area (Å²) in [7, 11) is 0. The Labute approximate surface area is 257 Å². The van der Waals surface area contributed by atoms with Gasteiger partial charge in [-0.15, -0.1) is 11.8 Å². The number of ether oxygens (including phenoxy) is 1. The summed E-state index contributed by atoms with van der Waals surface area (Å²) in [6, 6.07) is 11.6. The minimum Gasteiger partial charge on any atom is -0.489 e. The van der Waals surface area contributed by atoms with E-state index in [9.17, 15) is 29.3 Å². The van der Waals surface area contributed by atoms with Crippen LogP contribution in [0.2, 0.25) is 5.02 Å². The van der Waals surface area contributed by atoms with Crippen LogP contribution in [0.1, 0.15) is 34.8 Å². The fraction of sp³-hybridized carbons (Fsp3) is 0.379. The van der Waals surface area contributed by atoms with Gasteiger partial charge in [0.1, 0.15) is 12.4 Å². The molecule has 14 heteroatoms. The second-order valence-corrected chi connectivity index (χ2v) is 13.9. The van der Waals surface area contributed by atoms with Crippen LogP contribution in [0.4, 0.5) is 5.69 Å². The number of non-ortho nitro benzene ring substituents is 1. The predicted molar refractivity (Wildman–Crippen MR) is 156 cm³/mol. The van der Waals surface area contributed by atoms with Crippen molar-refractivity contribution in [1.82, 2.24) is 9.88 Å². The Morgan fingerprint density at radius 3 is 2.60 bits per heavy atom. The van der Waals surface area contributed by atoms with E-state index in [2.05, 4.69) is 4.98 Å². The van der Waals surface area contributed by atoms with Crippen LogP contribution in [0, 0.1) is 39.7 Å². The van der Waals surface area contributed by atoms with E-state index in [1.54, 1.807) is 18.2 Å². The maximum Gasteiger partial charge on any atom is 0.305 e. The van der Waals surface area contributed by atoms with Gasteiger partial charge in [0.25, 0.3) is 5.69 Å². The summed E-state index contributed by atoms with van der Waals surface area (Å²) in [5, 5.41) is 22.1. The van der Waals surface area contributed by atoms with E-state index in [-0.39, 0.29) is 65.0 Å². The summed E-state index contributed by atoms with van der Waals surface area (Å²) in [4.78, 5) is 66.8. The number of rotatable bonds is 8. The lowest BCUT2D eigenvalue weighted by Crippen LogP contribution is -2.42. The number of halogens is 1. The molecule has 2 bridgehead atoms. The van der Waals surface area contributed by atoms with E-state index < -0.39 is 28.6 Å². The molecule has 0 unspecified atom stereocenters. The number of carboxylic acid groups (broad SMARTS) is 1. The number of H-pyrrole nitrogens is 1. The molecule has 11 nitrogen and oxygen atoms in total. The summed E-state index contributed by atoms with van der Waals surface area (Å²) >= 11 is 8.89. The topological polar surface area (TPSA) is 160 Å². The molecule has 2 aliphatic carbocycles. The van der Waals surface area contributed by atoms with Crippen LogP contribution in [0.15, 0.2) is 52.3 Å². The number of carboxylic acids is 1. The van der Waals surface area contributed by atoms with Crippen LogP contribution >= 0.6 is 34.7 Å². The molecule has 2 saturated carbocycles. The molecule has 0 spiro atoms. The first-order chi connectivity index (χ1) is 20.6. The van der Waals surface area contributed by atoms with E-state index in [4.69, 9.17) is 21.4 Å². The zero-order valence-corrected chi connectivity index (χ0v) is 24.7. The molecule has 1 aromatic heterocycles. The molecule has 2 aliphatic heterocycles. The fourth-order valence-corrected chi connectivity index (χ4v) is 10.7. The van der Waals surface area contributed by atoms with E-state index in [1.807, 2.05) is 12.1 Å². The molecule has 222 valence electrons. The van der Waals surface area contributed by atoms with Crippen molar-refractivity contribution < 1.29 is 29.2 Å². The summed E-state index contributed by atoms with van der Waals surface area (Å²) in [5.74, 6) is -3.62. The van der Waals surface area contributed by atoms with Gasteiger partial charge in [-0.05, 0) is 36.3 Å². The molecule has 0 radical (unpaired) electrons. The lowest BCUT2D eigenvalue weighted by molar-refractivity contribution is -0.385. The van der Waals surface area contributed by atoms with Crippen LogP contribution in [0.25, 0.3) is 0 Å². The minimum atomic E-state index is -1.09. The van der Waals surface area contributed by atoms with Crippen LogP contribution in [0.3, 0.4) is 0 Å².